The summed E-state index contributed by atoms with van der Waals surface area (Å²) in [5, 5.41) is 0.139. The Morgan fingerprint density at radius 1 is 1.69 bits per heavy atom. The van der Waals surface area contributed by atoms with Crippen LogP contribution in [0.15, 0.2) is 10.7 Å². The van der Waals surface area contributed by atoms with E-state index in [1.165, 1.54) is 0 Å². The Labute approximate surface area is 112 Å². The van der Waals surface area contributed by atoms with E-state index < -0.39 is 0 Å². The molecule has 0 radical (unpaired) electrons. The Hall–Kier alpha value is -0.330. The van der Waals surface area contributed by atoms with Gasteiger partial charge in [0.2, 0.25) is 11.2 Å². The molecular weight excluding hydrogens is 314 g/mol. The van der Waals surface area contributed by atoms with Crippen LogP contribution in [-0.4, -0.2) is 28.2 Å². The summed E-state index contributed by atoms with van der Waals surface area (Å²) in [6.45, 7) is 0.633. The molecule has 0 aromatic carbocycles. The Morgan fingerprint density at radius 2 is 2.44 bits per heavy atom. The van der Waals surface area contributed by atoms with Crippen LogP contribution in [0.5, 0.6) is 0 Å². The van der Waals surface area contributed by atoms with Gasteiger partial charge in [-0.1, -0.05) is 0 Å². The predicted molar refractivity (Wildman–Crippen MR) is 69.1 cm³/mol. The van der Waals surface area contributed by atoms with Gasteiger partial charge in [-0.3, -0.25) is 9.69 Å². The van der Waals surface area contributed by atoms with E-state index in [1.807, 2.05) is 0 Å². The van der Waals surface area contributed by atoms with E-state index >= 15 is 0 Å². The first-order valence-electron chi connectivity index (χ1n) is 4.71. The lowest BCUT2D eigenvalue weighted by atomic mass is 10.1. The molecule has 1 aromatic heterocycles. The minimum atomic E-state index is 0.0505. The molecular formula is C9H9BrClN3OS. The molecule has 0 aliphatic carbocycles. The van der Waals surface area contributed by atoms with Crippen LogP contribution in [0, 0.1) is 5.92 Å². The highest BCUT2D eigenvalue weighted by molar-refractivity contribution is 9.10. The summed E-state index contributed by atoms with van der Waals surface area (Å²) in [6, 6.07) is 0. The van der Waals surface area contributed by atoms with Crippen molar-refractivity contribution in [1.29, 1.82) is 0 Å². The number of hydrogen-bond acceptors (Lipinski definition) is 4. The Morgan fingerprint density at radius 3 is 3.06 bits per heavy atom. The minimum Gasteiger partial charge on any atom is -0.295 e. The first kappa shape index (κ1) is 12.1. The number of carbonyl (C=O) groups excluding carboxylic acids is 1. The van der Waals surface area contributed by atoms with Crippen LogP contribution in [-0.2, 0) is 4.79 Å². The first-order chi connectivity index (χ1) is 7.61. The van der Waals surface area contributed by atoms with Gasteiger partial charge in [-0.15, -0.1) is 0 Å². The lowest BCUT2D eigenvalue weighted by molar-refractivity contribution is -0.117. The maximum atomic E-state index is 11.8. The van der Waals surface area contributed by atoms with Crippen molar-refractivity contribution >= 4 is 51.9 Å². The molecule has 2 heterocycles. The summed E-state index contributed by atoms with van der Waals surface area (Å²) in [5.74, 6) is 1.55. The number of hydrogen-bond donors (Lipinski definition) is 1. The van der Waals surface area contributed by atoms with E-state index in [1.54, 1.807) is 11.1 Å². The fourth-order valence-corrected chi connectivity index (χ4v) is 2.41. The van der Waals surface area contributed by atoms with E-state index in [4.69, 9.17) is 11.6 Å². The molecule has 0 saturated carbocycles. The molecule has 0 spiro atoms. The van der Waals surface area contributed by atoms with Crippen LogP contribution in [0.4, 0.5) is 5.82 Å². The standard InChI is InChI=1S/C9H9BrClN3OS/c10-6-2-12-9(11)13-8(6)14-3-5(4-16)1-7(14)15/h2,5,16H,1,3-4H2. The second kappa shape index (κ2) is 4.89. The SMILES string of the molecule is O=C1CC(CS)CN1c1nc(Cl)ncc1Br. The van der Waals surface area contributed by atoms with Gasteiger partial charge in [0.1, 0.15) is 0 Å². The normalized spacial score (nSPS) is 20.6. The Bertz CT molecular complexity index is 431. The Kier molecular flexibility index (Phi) is 3.71. The molecule has 7 heteroatoms. The largest absolute Gasteiger partial charge is 0.295 e. The third kappa shape index (κ3) is 2.33. The van der Waals surface area contributed by atoms with Crippen LogP contribution in [0.25, 0.3) is 0 Å². The molecule has 2 rings (SSSR count). The highest BCUT2D eigenvalue weighted by Crippen LogP contribution is 2.30. The van der Waals surface area contributed by atoms with Gasteiger partial charge in [0.05, 0.1) is 4.47 Å². The maximum absolute atomic E-state index is 11.8. The van der Waals surface area contributed by atoms with Crippen molar-refractivity contribution in [2.24, 2.45) is 5.92 Å². The van der Waals surface area contributed by atoms with Gasteiger partial charge < -0.3 is 0 Å². The number of aromatic nitrogens is 2. The molecule has 16 heavy (non-hydrogen) atoms. The molecule has 1 aliphatic rings. The van der Waals surface area contributed by atoms with E-state index in [-0.39, 0.29) is 17.1 Å². The molecule has 1 saturated heterocycles. The lowest BCUT2D eigenvalue weighted by Gasteiger charge is -2.16. The van der Waals surface area contributed by atoms with Crippen molar-refractivity contribution in [2.75, 3.05) is 17.2 Å². The summed E-state index contributed by atoms with van der Waals surface area (Å²) in [6.07, 6.45) is 2.06. The quantitative estimate of drug-likeness (QED) is 0.670. The number of carbonyl (C=O) groups is 1. The molecule has 0 bridgehead atoms. The molecule has 1 aliphatic heterocycles. The molecule has 1 atom stereocenters. The third-order valence-corrected chi connectivity index (χ3v) is 3.67. The van der Waals surface area contributed by atoms with Gasteiger partial charge in [-0.05, 0) is 39.2 Å². The highest BCUT2D eigenvalue weighted by Gasteiger charge is 2.31. The Balaban J connectivity index is 2.30. The topological polar surface area (TPSA) is 46.1 Å². The van der Waals surface area contributed by atoms with Crippen molar-refractivity contribution in [3.63, 3.8) is 0 Å². The third-order valence-electron chi connectivity index (χ3n) is 2.42. The van der Waals surface area contributed by atoms with Gasteiger partial charge in [0.25, 0.3) is 0 Å². The smallest absolute Gasteiger partial charge is 0.228 e. The number of rotatable bonds is 2. The molecule has 1 fully saturated rings. The zero-order chi connectivity index (χ0) is 11.7. The zero-order valence-corrected chi connectivity index (χ0v) is 11.5. The number of amides is 1. The van der Waals surface area contributed by atoms with Crippen LogP contribution >= 0.6 is 40.2 Å². The summed E-state index contributed by atoms with van der Waals surface area (Å²) in [5.41, 5.74) is 0. The number of anilines is 1. The fraction of sp³-hybridized carbons (Fsp3) is 0.444. The summed E-state index contributed by atoms with van der Waals surface area (Å²) in [4.78, 5) is 21.3. The molecule has 4 nitrogen and oxygen atoms in total. The van der Waals surface area contributed by atoms with Gasteiger partial charge in [-0.25, -0.2) is 4.98 Å². The summed E-state index contributed by atoms with van der Waals surface area (Å²) < 4.78 is 0.671. The van der Waals surface area contributed by atoms with Gasteiger partial charge in [-0.2, -0.15) is 17.6 Å². The van der Waals surface area contributed by atoms with Crippen molar-refractivity contribution in [1.82, 2.24) is 9.97 Å². The summed E-state index contributed by atoms with van der Waals surface area (Å²) in [7, 11) is 0. The van der Waals surface area contributed by atoms with E-state index in [9.17, 15) is 4.79 Å². The number of nitrogens with zero attached hydrogens (tertiary/aromatic N) is 3. The second-order valence-electron chi connectivity index (χ2n) is 3.57. The number of thiol groups is 1. The van der Waals surface area contributed by atoms with E-state index in [0.717, 1.165) is 0 Å². The van der Waals surface area contributed by atoms with Gasteiger partial charge in [0.15, 0.2) is 5.82 Å². The monoisotopic (exact) mass is 321 g/mol. The fourth-order valence-electron chi connectivity index (χ4n) is 1.64. The molecule has 0 N–H and O–H groups in total. The second-order valence-corrected chi connectivity index (χ2v) is 5.13. The van der Waals surface area contributed by atoms with Crippen LogP contribution < -0.4 is 4.90 Å². The average Bonchev–Trinajstić information content (AvgIpc) is 2.63. The van der Waals surface area contributed by atoms with Crippen LogP contribution in [0.1, 0.15) is 6.42 Å². The van der Waals surface area contributed by atoms with Gasteiger partial charge in [0, 0.05) is 19.2 Å². The van der Waals surface area contributed by atoms with Crippen molar-refractivity contribution in [3.8, 4) is 0 Å². The van der Waals surface area contributed by atoms with E-state index in [0.29, 0.717) is 29.0 Å². The van der Waals surface area contributed by atoms with Crippen molar-refractivity contribution < 1.29 is 4.79 Å². The van der Waals surface area contributed by atoms with Crippen molar-refractivity contribution in [2.45, 2.75) is 6.42 Å². The summed E-state index contributed by atoms with van der Waals surface area (Å²) >= 11 is 13.2. The molecule has 1 aromatic rings. The highest BCUT2D eigenvalue weighted by atomic mass is 79.9. The molecule has 1 unspecified atom stereocenters. The lowest BCUT2D eigenvalue weighted by Crippen LogP contribution is -2.26. The maximum Gasteiger partial charge on any atom is 0.228 e. The molecule has 86 valence electrons. The van der Waals surface area contributed by atoms with Crippen LogP contribution in [0.3, 0.4) is 0 Å². The molecule has 1 amide bonds. The predicted octanol–water partition coefficient (Wildman–Crippen LogP) is 2.18. The van der Waals surface area contributed by atoms with Gasteiger partial charge >= 0.3 is 0 Å². The first-order valence-corrected chi connectivity index (χ1v) is 6.51. The minimum absolute atomic E-state index is 0.0505. The van der Waals surface area contributed by atoms with E-state index in [2.05, 4.69) is 38.5 Å². The van der Waals surface area contributed by atoms with Crippen molar-refractivity contribution in [3.05, 3.63) is 16.0 Å². The van der Waals surface area contributed by atoms with Crippen LogP contribution in [0.2, 0.25) is 5.28 Å². The number of halogens is 2. The zero-order valence-electron chi connectivity index (χ0n) is 8.23. The average molecular weight is 323 g/mol.